The Bertz CT molecular complexity index is 539. The summed E-state index contributed by atoms with van der Waals surface area (Å²) in [7, 11) is 0. The summed E-state index contributed by atoms with van der Waals surface area (Å²) in [5.41, 5.74) is 0. The predicted molar refractivity (Wildman–Crippen MR) is 167 cm³/mol. The molecule has 0 fully saturated rings. The zero-order chi connectivity index (χ0) is 28.8. The number of hydrogen-bond donors (Lipinski definition) is 4. The van der Waals surface area contributed by atoms with E-state index in [2.05, 4.69) is 19.2 Å². The molecule has 3 unspecified atom stereocenters. The van der Waals surface area contributed by atoms with Crippen LogP contribution in [0.3, 0.4) is 0 Å². The third kappa shape index (κ3) is 25.8. The van der Waals surface area contributed by atoms with E-state index in [4.69, 9.17) is 0 Å². The van der Waals surface area contributed by atoms with Gasteiger partial charge in [0.25, 0.3) is 0 Å². The second-order valence-corrected chi connectivity index (χ2v) is 11.7. The Hall–Kier alpha value is -0.910. The summed E-state index contributed by atoms with van der Waals surface area (Å²) in [6, 6.07) is -0.789. The van der Waals surface area contributed by atoms with Crippen LogP contribution >= 0.6 is 0 Å². The molecule has 0 aromatic rings. The molecule has 4 N–H and O–H groups in total. The molecule has 5 heteroatoms. The van der Waals surface area contributed by atoms with Crippen LogP contribution in [0.5, 0.6) is 0 Å². The highest BCUT2D eigenvalue weighted by Crippen LogP contribution is 2.14. The number of unbranched alkanes of at least 4 members (excludes halogenated alkanes) is 22. The molecule has 5 nitrogen and oxygen atoms in total. The van der Waals surface area contributed by atoms with Crippen molar-refractivity contribution in [2.24, 2.45) is 0 Å². The first-order valence-electron chi connectivity index (χ1n) is 17.0. The molecule has 39 heavy (non-hydrogen) atoms. The molecule has 0 aliphatic heterocycles. The van der Waals surface area contributed by atoms with Crippen LogP contribution in [0.4, 0.5) is 0 Å². The van der Waals surface area contributed by atoms with Crippen molar-refractivity contribution in [2.75, 3.05) is 6.61 Å². The van der Waals surface area contributed by atoms with Gasteiger partial charge < -0.3 is 20.6 Å². The molecule has 232 valence electrons. The van der Waals surface area contributed by atoms with Gasteiger partial charge in [0.2, 0.25) is 5.91 Å². The minimum Gasteiger partial charge on any atom is -0.394 e. The average molecular weight is 554 g/mol. The molecular weight excluding hydrogens is 486 g/mol. The largest absolute Gasteiger partial charge is 0.394 e. The van der Waals surface area contributed by atoms with Gasteiger partial charge in [0.15, 0.2) is 0 Å². The molecule has 1 amide bonds. The normalized spacial score (nSPS) is 14.1. The van der Waals surface area contributed by atoms with Crippen molar-refractivity contribution in [1.29, 1.82) is 0 Å². The topological polar surface area (TPSA) is 89.8 Å². The van der Waals surface area contributed by atoms with Gasteiger partial charge in [-0.25, -0.2) is 0 Å². The van der Waals surface area contributed by atoms with E-state index in [-0.39, 0.29) is 6.61 Å². The zero-order valence-corrected chi connectivity index (χ0v) is 26.0. The summed E-state index contributed by atoms with van der Waals surface area (Å²) in [6.07, 6.45) is 32.2. The lowest BCUT2D eigenvalue weighted by atomic mass is 10.0. The minimum atomic E-state index is -1.09. The van der Waals surface area contributed by atoms with Gasteiger partial charge in [-0.15, -0.1) is 0 Å². The second-order valence-electron chi connectivity index (χ2n) is 11.7. The van der Waals surface area contributed by atoms with Gasteiger partial charge in [-0.3, -0.25) is 4.79 Å². The van der Waals surface area contributed by atoms with E-state index in [0.29, 0.717) is 6.42 Å². The molecule has 0 radical (unpaired) electrons. The van der Waals surface area contributed by atoms with Crippen LogP contribution in [0.2, 0.25) is 0 Å². The molecule has 0 aliphatic carbocycles. The van der Waals surface area contributed by atoms with Gasteiger partial charge in [0.1, 0.15) is 6.10 Å². The van der Waals surface area contributed by atoms with Gasteiger partial charge in [0.05, 0.1) is 18.8 Å². The Morgan fingerprint density at radius 2 is 1.00 bits per heavy atom. The number of carbonyl (C=O) groups excluding carboxylic acids is 1. The molecule has 0 aromatic carbocycles. The lowest BCUT2D eigenvalue weighted by Gasteiger charge is -2.21. The van der Waals surface area contributed by atoms with E-state index in [1.54, 1.807) is 6.08 Å². The Morgan fingerprint density at radius 1 is 0.615 bits per heavy atom. The van der Waals surface area contributed by atoms with Crippen LogP contribution in [0.1, 0.15) is 174 Å². The fraction of sp³-hybridized carbons (Fsp3) is 0.912. The van der Waals surface area contributed by atoms with Gasteiger partial charge in [-0.2, -0.15) is 0 Å². The summed E-state index contributed by atoms with van der Waals surface area (Å²) < 4.78 is 0. The quantitative estimate of drug-likeness (QED) is 0.0530. The number of aliphatic hydroxyl groups is 3. The first kappa shape index (κ1) is 38.1. The summed E-state index contributed by atoms with van der Waals surface area (Å²) in [5.74, 6) is -0.505. The summed E-state index contributed by atoms with van der Waals surface area (Å²) in [4.78, 5) is 12.3. The fourth-order valence-corrected chi connectivity index (χ4v) is 5.12. The fourth-order valence-electron chi connectivity index (χ4n) is 5.12. The lowest BCUT2D eigenvalue weighted by Crippen LogP contribution is -2.48. The highest BCUT2D eigenvalue weighted by atomic mass is 16.3. The van der Waals surface area contributed by atoms with E-state index >= 15 is 0 Å². The summed E-state index contributed by atoms with van der Waals surface area (Å²) in [5, 5.41) is 32.8. The molecule has 0 aromatic heterocycles. The van der Waals surface area contributed by atoms with Gasteiger partial charge in [-0.1, -0.05) is 167 Å². The van der Waals surface area contributed by atoms with E-state index in [9.17, 15) is 20.1 Å². The molecule has 0 aliphatic rings. The van der Waals surface area contributed by atoms with E-state index in [0.717, 1.165) is 32.1 Å². The minimum absolute atomic E-state index is 0.360. The molecular formula is C34H67NO4. The van der Waals surface area contributed by atoms with Crippen molar-refractivity contribution in [3.63, 3.8) is 0 Å². The number of aliphatic hydroxyl groups excluding tert-OH is 3. The number of nitrogens with one attached hydrogen (secondary N) is 1. The Balaban J connectivity index is 3.78. The summed E-state index contributed by atoms with van der Waals surface area (Å²) >= 11 is 0. The van der Waals surface area contributed by atoms with Gasteiger partial charge >= 0.3 is 0 Å². The molecule has 0 heterocycles. The van der Waals surface area contributed by atoms with Crippen LogP contribution in [0.25, 0.3) is 0 Å². The average Bonchev–Trinajstić information content (AvgIpc) is 2.94. The lowest BCUT2D eigenvalue weighted by molar-refractivity contribution is -0.131. The summed E-state index contributed by atoms with van der Waals surface area (Å²) in [6.45, 7) is 4.15. The first-order chi connectivity index (χ1) is 19.1. The predicted octanol–water partition coefficient (Wildman–Crippen LogP) is 8.53. The van der Waals surface area contributed by atoms with Gasteiger partial charge in [0, 0.05) is 0 Å². The van der Waals surface area contributed by atoms with E-state index in [1.807, 2.05) is 6.08 Å². The zero-order valence-electron chi connectivity index (χ0n) is 26.0. The van der Waals surface area contributed by atoms with Crippen LogP contribution in [0, 0.1) is 0 Å². The highest BCUT2D eigenvalue weighted by Gasteiger charge is 2.22. The van der Waals surface area contributed by atoms with Gasteiger partial charge in [-0.05, 0) is 19.3 Å². The smallest absolute Gasteiger partial charge is 0.249 e. The van der Waals surface area contributed by atoms with E-state index in [1.165, 1.54) is 122 Å². The Morgan fingerprint density at radius 3 is 1.41 bits per heavy atom. The maximum absolute atomic E-state index is 12.3. The van der Waals surface area contributed by atoms with Crippen LogP contribution < -0.4 is 5.32 Å². The third-order valence-corrected chi connectivity index (χ3v) is 7.88. The van der Waals surface area contributed by atoms with Crippen LogP contribution in [0.15, 0.2) is 12.2 Å². The van der Waals surface area contributed by atoms with Crippen LogP contribution in [-0.2, 0) is 4.79 Å². The highest BCUT2D eigenvalue weighted by molar-refractivity contribution is 5.80. The number of amides is 1. The molecule has 3 atom stereocenters. The Labute approximate surface area is 242 Å². The monoisotopic (exact) mass is 554 g/mol. The van der Waals surface area contributed by atoms with Crippen molar-refractivity contribution in [3.05, 3.63) is 12.2 Å². The SMILES string of the molecule is CCCCCCCCCCCCCC=CC(O)C(CO)NC(=O)C(O)CCCCCCCCCCCCCC. The van der Waals surface area contributed by atoms with Crippen LogP contribution in [-0.4, -0.2) is 46.1 Å². The number of rotatable bonds is 30. The molecule has 0 bridgehead atoms. The molecule has 0 saturated heterocycles. The maximum Gasteiger partial charge on any atom is 0.249 e. The second kappa shape index (κ2) is 30.1. The first-order valence-corrected chi connectivity index (χ1v) is 17.0. The standard InChI is InChI=1S/C34H67NO4/c1-3-5-7-9-11-13-15-17-19-20-22-24-26-28-32(37)31(30-36)35-34(39)33(38)29-27-25-23-21-18-16-14-12-10-8-6-4-2/h26,28,31-33,36-38H,3-25,27,29-30H2,1-2H3,(H,35,39). The third-order valence-electron chi connectivity index (χ3n) is 7.88. The number of carbonyl (C=O) groups is 1. The Kier molecular flexibility index (Phi) is 29.4. The molecule has 0 saturated carbocycles. The number of allylic oxidation sites excluding steroid dienone is 1. The molecule has 0 rings (SSSR count). The van der Waals surface area contributed by atoms with Crippen molar-refractivity contribution in [2.45, 2.75) is 193 Å². The maximum atomic E-state index is 12.3. The molecule has 0 spiro atoms. The van der Waals surface area contributed by atoms with Crippen molar-refractivity contribution in [1.82, 2.24) is 5.32 Å². The van der Waals surface area contributed by atoms with E-state index < -0.39 is 24.2 Å². The van der Waals surface area contributed by atoms with Crippen molar-refractivity contribution < 1.29 is 20.1 Å². The van der Waals surface area contributed by atoms with Crippen molar-refractivity contribution >= 4 is 5.91 Å². The number of hydrogen-bond acceptors (Lipinski definition) is 4. The van der Waals surface area contributed by atoms with Crippen molar-refractivity contribution in [3.8, 4) is 0 Å².